The first-order chi connectivity index (χ1) is 12.8. The summed E-state index contributed by atoms with van der Waals surface area (Å²) in [5.41, 5.74) is 3.45. The third kappa shape index (κ3) is 3.73. The molecule has 2 N–H and O–H groups in total. The van der Waals surface area contributed by atoms with E-state index in [0.29, 0.717) is 12.2 Å². The number of rotatable bonds is 6. The van der Waals surface area contributed by atoms with Crippen molar-refractivity contribution in [3.8, 4) is 10.6 Å². The predicted molar refractivity (Wildman–Crippen MR) is 101 cm³/mol. The van der Waals surface area contributed by atoms with Crippen LogP contribution in [0.2, 0.25) is 0 Å². The van der Waals surface area contributed by atoms with Crippen LogP contribution in [-0.4, -0.2) is 25.9 Å². The predicted octanol–water partition coefficient (Wildman–Crippen LogP) is 3.31. The van der Waals surface area contributed by atoms with Crippen LogP contribution in [0.25, 0.3) is 10.6 Å². The fourth-order valence-electron chi connectivity index (χ4n) is 2.61. The zero-order valence-electron chi connectivity index (χ0n) is 13.9. The molecule has 3 aromatic heterocycles. The molecule has 0 aliphatic carbocycles. The van der Waals surface area contributed by atoms with Gasteiger partial charge < -0.3 is 5.32 Å². The van der Waals surface area contributed by atoms with E-state index in [1.165, 1.54) is 0 Å². The summed E-state index contributed by atoms with van der Waals surface area (Å²) < 4.78 is 1.87. The maximum atomic E-state index is 12.3. The van der Waals surface area contributed by atoms with Gasteiger partial charge in [-0.1, -0.05) is 30.3 Å². The molecular weight excluding hydrogens is 346 g/mol. The molecule has 1 amide bonds. The Morgan fingerprint density at radius 3 is 2.73 bits per heavy atom. The molecule has 4 aromatic rings. The van der Waals surface area contributed by atoms with Crippen molar-refractivity contribution in [2.75, 3.05) is 0 Å². The fourth-order valence-corrected chi connectivity index (χ4v) is 3.30. The van der Waals surface area contributed by atoms with E-state index in [1.807, 2.05) is 58.7 Å². The molecule has 0 aliphatic heterocycles. The van der Waals surface area contributed by atoms with Crippen LogP contribution < -0.4 is 5.32 Å². The molecule has 0 saturated heterocycles. The summed E-state index contributed by atoms with van der Waals surface area (Å²) in [7, 11) is 0. The summed E-state index contributed by atoms with van der Waals surface area (Å²) in [6.07, 6.45) is 3.70. The molecule has 26 heavy (non-hydrogen) atoms. The monoisotopic (exact) mass is 363 g/mol. The Kier molecular flexibility index (Phi) is 4.61. The van der Waals surface area contributed by atoms with Gasteiger partial charge in [-0.05, 0) is 34.7 Å². The lowest BCUT2D eigenvalue weighted by Crippen LogP contribution is -2.23. The Morgan fingerprint density at radius 1 is 1.15 bits per heavy atom. The summed E-state index contributed by atoms with van der Waals surface area (Å²) in [5, 5.41) is 16.1. The second-order valence-corrected chi connectivity index (χ2v) is 6.79. The van der Waals surface area contributed by atoms with Gasteiger partial charge in [0.2, 0.25) is 0 Å². The van der Waals surface area contributed by atoms with Gasteiger partial charge in [0.1, 0.15) is 0 Å². The first-order valence-corrected chi connectivity index (χ1v) is 9.08. The third-order valence-corrected chi connectivity index (χ3v) is 4.88. The number of carbonyl (C=O) groups is 1. The Bertz CT molecular complexity index is 972. The van der Waals surface area contributed by atoms with Gasteiger partial charge in [-0.15, -0.1) is 11.3 Å². The summed E-state index contributed by atoms with van der Waals surface area (Å²) in [6, 6.07) is 15.8. The fraction of sp³-hybridized carbons (Fsp3) is 0.105. The van der Waals surface area contributed by atoms with Gasteiger partial charge in [-0.3, -0.25) is 14.6 Å². The van der Waals surface area contributed by atoms with E-state index in [9.17, 15) is 4.79 Å². The van der Waals surface area contributed by atoms with E-state index in [1.54, 1.807) is 23.6 Å². The van der Waals surface area contributed by atoms with Crippen molar-refractivity contribution in [1.82, 2.24) is 25.3 Å². The topological polar surface area (TPSA) is 75.6 Å². The maximum Gasteiger partial charge on any atom is 0.272 e. The van der Waals surface area contributed by atoms with E-state index in [4.69, 9.17) is 0 Å². The van der Waals surface area contributed by atoms with E-state index in [-0.39, 0.29) is 5.91 Å². The van der Waals surface area contributed by atoms with Crippen LogP contribution in [0.1, 0.15) is 21.6 Å². The van der Waals surface area contributed by atoms with Crippen molar-refractivity contribution < 1.29 is 4.79 Å². The molecule has 4 rings (SSSR count). The molecule has 0 radical (unpaired) electrons. The van der Waals surface area contributed by atoms with E-state index >= 15 is 0 Å². The third-order valence-electron chi connectivity index (χ3n) is 3.98. The minimum absolute atomic E-state index is 0.190. The average molecular weight is 363 g/mol. The number of hydrogen-bond donors (Lipinski definition) is 2. The number of carbonyl (C=O) groups excluding carboxylic acids is 1. The normalized spacial score (nSPS) is 10.8. The number of nitrogens with zero attached hydrogens (tertiary/aromatic N) is 3. The van der Waals surface area contributed by atoms with Crippen molar-refractivity contribution in [3.05, 3.63) is 83.1 Å². The van der Waals surface area contributed by atoms with Crippen molar-refractivity contribution >= 4 is 17.2 Å². The number of amides is 1. The van der Waals surface area contributed by atoms with E-state index in [2.05, 4.69) is 20.6 Å². The molecule has 3 heterocycles. The van der Waals surface area contributed by atoms with E-state index < -0.39 is 0 Å². The lowest BCUT2D eigenvalue weighted by atomic mass is 10.1. The van der Waals surface area contributed by atoms with Gasteiger partial charge >= 0.3 is 0 Å². The number of aromatic amines is 1. The van der Waals surface area contributed by atoms with Crippen molar-refractivity contribution in [1.29, 1.82) is 0 Å². The molecule has 0 atom stereocenters. The number of nitrogens with one attached hydrogen (secondary N) is 2. The summed E-state index contributed by atoms with van der Waals surface area (Å²) in [5.74, 6) is -0.190. The highest BCUT2D eigenvalue weighted by atomic mass is 32.1. The highest BCUT2D eigenvalue weighted by Gasteiger charge is 2.11. The number of aromatic nitrogens is 4. The largest absolute Gasteiger partial charge is 0.347 e. The molecule has 7 heteroatoms. The maximum absolute atomic E-state index is 12.3. The highest BCUT2D eigenvalue weighted by molar-refractivity contribution is 7.13. The SMILES string of the molecule is O=C(NCc1ccc(Cn2cccn2)cc1)c1cc(-c2cccs2)[nH]n1. The van der Waals surface area contributed by atoms with Gasteiger partial charge in [0.15, 0.2) is 5.69 Å². The van der Waals surface area contributed by atoms with Gasteiger partial charge in [-0.2, -0.15) is 10.2 Å². The second-order valence-electron chi connectivity index (χ2n) is 5.85. The highest BCUT2D eigenvalue weighted by Crippen LogP contribution is 2.22. The Morgan fingerprint density at radius 2 is 2.00 bits per heavy atom. The minimum atomic E-state index is -0.190. The number of benzene rings is 1. The Hall–Kier alpha value is -3.19. The molecule has 130 valence electrons. The van der Waals surface area contributed by atoms with Crippen molar-refractivity contribution in [2.24, 2.45) is 0 Å². The Balaban J connectivity index is 1.34. The van der Waals surface area contributed by atoms with Crippen LogP contribution in [0.5, 0.6) is 0 Å². The van der Waals surface area contributed by atoms with Crippen molar-refractivity contribution in [2.45, 2.75) is 13.1 Å². The molecule has 6 nitrogen and oxygen atoms in total. The first kappa shape index (κ1) is 16.3. The molecule has 0 saturated carbocycles. The molecule has 1 aromatic carbocycles. The summed E-state index contributed by atoms with van der Waals surface area (Å²) >= 11 is 1.60. The number of hydrogen-bond acceptors (Lipinski definition) is 4. The zero-order valence-corrected chi connectivity index (χ0v) is 14.7. The van der Waals surface area contributed by atoms with Gasteiger partial charge in [0.05, 0.1) is 17.1 Å². The molecule has 0 bridgehead atoms. The van der Waals surface area contributed by atoms with Crippen LogP contribution in [-0.2, 0) is 13.1 Å². The van der Waals surface area contributed by atoms with Crippen LogP contribution in [0.4, 0.5) is 0 Å². The smallest absolute Gasteiger partial charge is 0.272 e. The van der Waals surface area contributed by atoms with Gasteiger partial charge in [-0.25, -0.2) is 0 Å². The Labute approximate surface area is 154 Å². The second kappa shape index (κ2) is 7.37. The molecule has 0 spiro atoms. The lowest BCUT2D eigenvalue weighted by Gasteiger charge is -2.06. The molecule has 0 fully saturated rings. The molecule has 0 aliphatic rings. The molecular formula is C19H17N5OS. The van der Waals surface area contributed by atoms with Crippen LogP contribution in [0.3, 0.4) is 0 Å². The summed E-state index contributed by atoms with van der Waals surface area (Å²) in [4.78, 5) is 13.3. The summed E-state index contributed by atoms with van der Waals surface area (Å²) in [6.45, 7) is 1.19. The van der Waals surface area contributed by atoms with Crippen LogP contribution >= 0.6 is 11.3 Å². The van der Waals surface area contributed by atoms with E-state index in [0.717, 1.165) is 28.2 Å². The van der Waals surface area contributed by atoms with Crippen molar-refractivity contribution in [3.63, 3.8) is 0 Å². The number of thiophene rings is 1. The zero-order chi connectivity index (χ0) is 17.8. The first-order valence-electron chi connectivity index (χ1n) is 8.21. The minimum Gasteiger partial charge on any atom is -0.347 e. The molecule has 0 unspecified atom stereocenters. The van der Waals surface area contributed by atoms with Gasteiger partial charge in [0.25, 0.3) is 5.91 Å². The standard InChI is InChI=1S/C19H17N5OS/c25-19(17-11-16(22-23-17)18-3-1-10-26-18)20-12-14-4-6-15(7-5-14)13-24-9-2-8-21-24/h1-11H,12-13H2,(H,20,25)(H,22,23). The average Bonchev–Trinajstić information content (AvgIpc) is 3.42. The number of H-pyrrole nitrogens is 1. The van der Waals surface area contributed by atoms with Crippen LogP contribution in [0, 0.1) is 0 Å². The van der Waals surface area contributed by atoms with Gasteiger partial charge in [0, 0.05) is 18.9 Å². The van der Waals surface area contributed by atoms with Crippen LogP contribution in [0.15, 0.2) is 66.3 Å². The quantitative estimate of drug-likeness (QED) is 0.552. The lowest BCUT2D eigenvalue weighted by molar-refractivity contribution is 0.0946.